The fourth-order valence-electron chi connectivity index (χ4n) is 2.73. The van der Waals surface area contributed by atoms with E-state index in [1.54, 1.807) is 6.07 Å². The standard InChI is InChI=1S/C17H18N2O3/c1-12-5-4-8-15-18-14(10-16(20)19(12)15)11-22-17(21)9-13-6-2-3-7-13/h2,4-6,8,10,13H,3,7,9,11H2,1H3/t13-/m1/s1. The van der Waals surface area contributed by atoms with Crippen LogP contribution in [0.15, 0.2) is 41.2 Å². The van der Waals surface area contributed by atoms with Crippen molar-refractivity contribution in [2.75, 3.05) is 0 Å². The van der Waals surface area contributed by atoms with Crippen LogP contribution in [0.4, 0.5) is 0 Å². The molecular weight excluding hydrogens is 280 g/mol. The second-order valence-electron chi connectivity index (χ2n) is 5.58. The Hall–Kier alpha value is -2.43. The molecule has 0 amide bonds. The van der Waals surface area contributed by atoms with Crippen molar-refractivity contribution >= 4 is 11.6 Å². The van der Waals surface area contributed by atoms with E-state index < -0.39 is 0 Å². The first-order chi connectivity index (χ1) is 10.6. The molecule has 2 heterocycles. The Kier molecular flexibility index (Phi) is 4.04. The number of pyridine rings is 1. The molecule has 0 saturated carbocycles. The van der Waals surface area contributed by atoms with Gasteiger partial charge in [-0.3, -0.25) is 14.0 Å². The topological polar surface area (TPSA) is 60.7 Å². The zero-order valence-electron chi connectivity index (χ0n) is 12.5. The Balaban J connectivity index is 1.70. The fraction of sp³-hybridized carbons (Fsp3) is 0.353. The lowest BCUT2D eigenvalue weighted by Gasteiger charge is -2.09. The minimum Gasteiger partial charge on any atom is -0.459 e. The molecule has 0 spiro atoms. The summed E-state index contributed by atoms with van der Waals surface area (Å²) in [5.74, 6) is 0.0353. The van der Waals surface area contributed by atoms with Gasteiger partial charge in [0.05, 0.1) is 12.1 Å². The molecule has 5 heteroatoms. The van der Waals surface area contributed by atoms with E-state index in [0.717, 1.165) is 18.5 Å². The van der Waals surface area contributed by atoms with E-state index in [0.29, 0.717) is 17.8 Å². The molecule has 114 valence electrons. The third kappa shape index (κ3) is 3.08. The highest BCUT2D eigenvalue weighted by Crippen LogP contribution is 2.20. The lowest BCUT2D eigenvalue weighted by atomic mass is 10.1. The van der Waals surface area contributed by atoms with Crippen LogP contribution in [0, 0.1) is 12.8 Å². The zero-order valence-corrected chi connectivity index (χ0v) is 12.5. The number of hydrogen-bond donors (Lipinski definition) is 0. The van der Waals surface area contributed by atoms with Crippen LogP contribution in [0.1, 0.15) is 30.7 Å². The summed E-state index contributed by atoms with van der Waals surface area (Å²) < 4.78 is 6.78. The van der Waals surface area contributed by atoms with Gasteiger partial charge in [-0.1, -0.05) is 18.2 Å². The first kappa shape index (κ1) is 14.5. The fourth-order valence-corrected chi connectivity index (χ4v) is 2.73. The maximum Gasteiger partial charge on any atom is 0.306 e. The van der Waals surface area contributed by atoms with E-state index in [1.807, 2.05) is 19.1 Å². The number of rotatable bonds is 4. The van der Waals surface area contributed by atoms with Crippen molar-refractivity contribution < 1.29 is 9.53 Å². The number of carbonyl (C=O) groups is 1. The van der Waals surface area contributed by atoms with Crippen molar-refractivity contribution in [3.05, 3.63) is 58.2 Å². The molecule has 0 saturated heterocycles. The lowest BCUT2D eigenvalue weighted by Crippen LogP contribution is -2.18. The first-order valence-electron chi connectivity index (χ1n) is 7.44. The molecule has 0 aliphatic heterocycles. The summed E-state index contributed by atoms with van der Waals surface area (Å²) in [6.07, 6.45) is 6.57. The Morgan fingerprint density at radius 3 is 3.09 bits per heavy atom. The number of carbonyl (C=O) groups excluding carboxylic acids is 1. The summed E-state index contributed by atoms with van der Waals surface area (Å²) in [5, 5.41) is 0. The minimum atomic E-state index is -0.247. The minimum absolute atomic E-state index is 0.0367. The van der Waals surface area contributed by atoms with Crippen molar-refractivity contribution in [3.8, 4) is 0 Å². The van der Waals surface area contributed by atoms with Gasteiger partial charge in [0.15, 0.2) is 0 Å². The largest absolute Gasteiger partial charge is 0.459 e. The molecule has 1 atom stereocenters. The highest BCUT2D eigenvalue weighted by atomic mass is 16.5. The van der Waals surface area contributed by atoms with Crippen LogP contribution in [-0.2, 0) is 16.1 Å². The van der Waals surface area contributed by atoms with Gasteiger partial charge < -0.3 is 4.74 Å². The summed E-state index contributed by atoms with van der Waals surface area (Å²) in [6.45, 7) is 1.89. The molecule has 0 aromatic carbocycles. The van der Waals surface area contributed by atoms with Gasteiger partial charge in [-0.15, -0.1) is 0 Å². The molecule has 22 heavy (non-hydrogen) atoms. The van der Waals surface area contributed by atoms with Gasteiger partial charge >= 0.3 is 5.97 Å². The van der Waals surface area contributed by atoms with Gasteiger partial charge in [-0.25, -0.2) is 4.98 Å². The molecule has 1 aliphatic carbocycles. The maximum absolute atomic E-state index is 12.1. The Bertz CT molecular complexity index is 792. The van der Waals surface area contributed by atoms with E-state index in [1.165, 1.54) is 10.5 Å². The second-order valence-corrected chi connectivity index (χ2v) is 5.58. The predicted octanol–water partition coefficient (Wildman–Crippen LogP) is 2.40. The number of ether oxygens (including phenoxy) is 1. The maximum atomic E-state index is 12.1. The molecule has 0 fully saturated rings. The van der Waals surface area contributed by atoms with Gasteiger partial charge in [0.25, 0.3) is 5.56 Å². The highest BCUT2D eigenvalue weighted by molar-refractivity contribution is 5.70. The average molecular weight is 298 g/mol. The van der Waals surface area contributed by atoms with Gasteiger partial charge in [-0.05, 0) is 37.8 Å². The summed E-state index contributed by atoms with van der Waals surface area (Å²) in [7, 11) is 0. The molecular formula is C17H18N2O3. The Morgan fingerprint density at radius 1 is 1.45 bits per heavy atom. The third-order valence-electron chi connectivity index (χ3n) is 3.86. The second kappa shape index (κ2) is 6.13. The quantitative estimate of drug-likeness (QED) is 0.642. The Morgan fingerprint density at radius 2 is 2.32 bits per heavy atom. The molecule has 0 radical (unpaired) electrons. The molecule has 3 rings (SSSR count). The van der Waals surface area contributed by atoms with Crippen LogP contribution >= 0.6 is 0 Å². The first-order valence-corrected chi connectivity index (χ1v) is 7.44. The molecule has 0 unspecified atom stereocenters. The normalized spacial score (nSPS) is 17.0. The smallest absolute Gasteiger partial charge is 0.306 e. The van der Waals surface area contributed by atoms with Crippen molar-refractivity contribution in [1.82, 2.24) is 9.38 Å². The summed E-state index contributed by atoms with van der Waals surface area (Å²) in [5.41, 5.74) is 1.71. The highest BCUT2D eigenvalue weighted by Gasteiger charge is 2.15. The van der Waals surface area contributed by atoms with Crippen LogP contribution in [0.25, 0.3) is 5.65 Å². The predicted molar refractivity (Wildman–Crippen MR) is 82.5 cm³/mol. The molecule has 2 aromatic rings. The summed E-state index contributed by atoms with van der Waals surface area (Å²) in [6, 6.07) is 6.88. The van der Waals surface area contributed by atoms with Gasteiger partial charge in [0, 0.05) is 11.8 Å². The van der Waals surface area contributed by atoms with E-state index in [2.05, 4.69) is 17.1 Å². The number of aromatic nitrogens is 2. The van der Waals surface area contributed by atoms with Crippen molar-refractivity contribution in [2.24, 2.45) is 5.92 Å². The number of aryl methyl sites for hydroxylation is 1. The summed E-state index contributed by atoms with van der Waals surface area (Å²) >= 11 is 0. The Labute approximate surface area is 128 Å². The molecule has 0 bridgehead atoms. The number of allylic oxidation sites excluding steroid dienone is 2. The molecule has 1 aliphatic rings. The number of nitrogens with zero attached hydrogens (tertiary/aromatic N) is 2. The number of fused-ring (bicyclic) bond motifs is 1. The number of hydrogen-bond acceptors (Lipinski definition) is 4. The van der Waals surface area contributed by atoms with E-state index in [-0.39, 0.29) is 24.1 Å². The van der Waals surface area contributed by atoms with Crippen LogP contribution in [0.3, 0.4) is 0 Å². The van der Waals surface area contributed by atoms with Crippen LogP contribution in [0.2, 0.25) is 0 Å². The van der Waals surface area contributed by atoms with Crippen LogP contribution in [0.5, 0.6) is 0 Å². The number of esters is 1. The summed E-state index contributed by atoms with van der Waals surface area (Å²) in [4.78, 5) is 28.3. The van der Waals surface area contributed by atoms with Gasteiger partial charge in [0.1, 0.15) is 12.3 Å². The van der Waals surface area contributed by atoms with Crippen molar-refractivity contribution in [3.63, 3.8) is 0 Å². The van der Waals surface area contributed by atoms with Crippen LogP contribution in [-0.4, -0.2) is 15.4 Å². The average Bonchev–Trinajstić information content (AvgIpc) is 2.98. The van der Waals surface area contributed by atoms with Crippen molar-refractivity contribution in [2.45, 2.75) is 32.8 Å². The molecule has 5 nitrogen and oxygen atoms in total. The van der Waals surface area contributed by atoms with Gasteiger partial charge in [-0.2, -0.15) is 0 Å². The monoisotopic (exact) mass is 298 g/mol. The van der Waals surface area contributed by atoms with Crippen molar-refractivity contribution in [1.29, 1.82) is 0 Å². The van der Waals surface area contributed by atoms with Crippen LogP contribution < -0.4 is 5.56 Å². The third-order valence-corrected chi connectivity index (χ3v) is 3.86. The lowest BCUT2D eigenvalue weighted by molar-refractivity contribution is -0.145. The van der Waals surface area contributed by atoms with Gasteiger partial charge in [0.2, 0.25) is 0 Å². The zero-order chi connectivity index (χ0) is 15.5. The van der Waals surface area contributed by atoms with E-state index in [9.17, 15) is 9.59 Å². The SMILES string of the molecule is Cc1cccc2nc(COC(=O)C[C@@H]3C=CCC3)cc(=O)n12. The van der Waals surface area contributed by atoms with E-state index in [4.69, 9.17) is 4.74 Å². The van der Waals surface area contributed by atoms with E-state index >= 15 is 0 Å². The molecule has 0 N–H and O–H groups in total. The molecule has 2 aromatic heterocycles.